The van der Waals surface area contributed by atoms with Gasteiger partial charge in [0, 0.05) is 26.2 Å². The molecular weight excluding hydrogens is 327 g/mol. The molecule has 0 heterocycles. The Morgan fingerprint density at radius 3 is 2.10 bits per heavy atom. The maximum Gasteiger partial charge on any atom is 0.320 e. The van der Waals surface area contributed by atoms with Crippen LogP contribution in [-0.2, 0) is 4.79 Å². The molecule has 0 aromatic rings. The molecule has 0 aromatic carbocycles. The third kappa shape index (κ3) is 6.43. The van der Waals surface area contributed by atoms with Crippen molar-refractivity contribution in [1.82, 2.24) is 0 Å². The summed E-state index contributed by atoms with van der Waals surface area (Å²) in [6.07, 6.45) is 0.551. The first kappa shape index (κ1) is 12.9. The van der Waals surface area contributed by atoms with Crippen LogP contribution in [0.4, 0.5) is 0 Å². The van der Waals surface area contributed by atoms with Gasteiger partial charge < -0.3 is 10.8 Å². The van der Waals surface area contributed by atoms with Gasteiger partial charge in [-0.2, -0.15) is 0 Å². The summed E-state index contributed by atoms with van der Waals surface area (Å²) in [5, 5.41) is 8.31. The van der Waals surface area contributed by atoms with Crippen LogP contribution in [0.1, 0.15) is 20.3 Å². The Kier molecular flexibility index (Phi) is 7.83. The summed E-state index contributed by atoms with van der Waals surface area (Å²) in [5.74, 6) is -0.556. The van der Waals surface area contributed by atoms with Crippen molar-refractivity contribution in [3.8, 4) is 0 Å². The quantitative estimate of drug-likeness (QED) is 0.715. The van der Waals surface area contributed by atoms with Crippen molar-refractivity contribution in [2.24, 2.45) is 11.7 Å². The first-order valence-corrected chi connectivity index (χ1v) is 3.02. The minimum absolute atomic E-state index is 0. The average molecular weight is 340 g/mol. The van der Waals surface area contributed by atoms with Gasteiger partial charge in [-0.25, -0.2) is 0 Å². The normalized spacial score (nSPS) is 12.4. The topological polar surface area (TPSA) is 63.3 Å². The Hall–Kier alpha value is 0.313. The Morgan fingerprint density at radius 2 is 2.00 bits per heavy atom. The minimum Gasteiger partial charge on any atom is -0.480 e. The van der Waals surface area contributed by atoms with E-state index >= 15 is 0 Å². The molecule has 0 saturated heterocycles. The van der Waals surface area contributed by atoms with Gasteiger partial charge in [0.25, 0.3) is 0 Å². The first-order valence-electron chi connectivity index (χ1n) is 3.02. The second kappa shape index (κ2) is 6.05. The molecule has 3 N–H and O–H groups in total. The van der Waals surface area contributed by atoms with Crippen LogP contribution in [0.3, 0.4) is 0 Å². The predicted octanol–water partition coefficient (Wildman–Crippen LogP) is 0.0636. The molecule has 0 bridgehead atoms. The van der Waals surface area contributed by atoms with E-state index in [1.807, 2.05) is 13.8 Å². The molecular formula is C6H13BiNO2. The summed E-state index contributed by atoms with van der Waals surface area (Å²) in [7, 11) is 0. The molecule has 0 aliphatic carbocycles. The zero-order valence-electron chi connectivity index (χ0n) is 6.24. The van der Waals surface area contributed by atoms with Crippen molar-refractivity contribution in [3.63, 3.8) is 0 Å². The summed E-state index contributed by atoms with van der Waals surface area (Å²) < 4.78 is 0. The van der Waals surface area contributed by atoms with Crippen molar-refractivity contribution >= 4 is 32.2 Å². The Balaban J connectivity index is 0. The SMILES string of the molecule is CC(C)C[C@H](N)C(=O)O.[Bi]. The van der Waals surface area contributed by atoms with Crippen molar-refractivity contribution in [1.29, 1.82) is 0 Å². The molecule has 3 radical (unpaired) electrons. The number of nitrogens with two attached hydrogens (primary N) is 1. The molecule has 0 rings (SSSR count). The average Bonchev–Trinajstić information content (AvgIpc) is 1.63. The third-order valence-corrected chi connectivity index (χ3v) is 1.04. The molecule has 0 fully saturated rings. The molecule has 0 aliphatic heterocycles. The molecule has 0 aliphatic rings. The largest absolute Gasteiger partial charge is 0.480 e. The minimum atomic E-state index is -0.913. The van der Waals surface area contributed by atoms with Crippen LogP contribution in [-0.4, -0.2) is 43.3 Å². The van der Waals surface area contributed by atoms with Crippen LogP contribution in [0, 0.1) is 5.92 Å². The van der Waals surface area contributed by atoms with E-state index in [1.165, 1.54) is 0 Å². The standard InChI is InChI=1S/C6H13NO2.Bi/c1-4(2)3-5(7)6(8)9;/h4-5H,3,7H2,1-2H3,(H,8,9);/t5-;/m0./s1. The van der Waals surface area contributed by atoms with Crippen LogP contribution in [0.25, 0.3) is 0 Å². The number of carbonyl (C=O) groups is 1. The van der Waals surface area contributed by atoms with E-state index in [2.05, 4.69) is 0 Å². The van der Waals surface area contributed by atoms with Crippen LogP contribution >= 0.6 is 0 Å². The van der Waals surface area contributed by atoms with Gasteiger partial charge in [-0.05, 0) is 12.3 Å². The van der Waals surface area contributed by atoms with Gasteiger partial charge in [0.1, 0.15) is 6.04 Å². The van der Waals surface area contributed by atoms with Crippen molar-refractivity contribution in [2.45, 2.75) is 26.3 Å². The van der Waals surface area contributed by atoms with Gasteiger partial charge in [-0.3, -0.25) is 4.79 Å². The summed E-state index contributed by atoms with van der Waals surface area (Å²) in [5.41, 5.74) is 5.22. The molecule has 0 amide bonds. The molecule has 1 atom stereocenters. The van der Waals surface area contributed by atoms with Crippen LogP contribution in [0.5, 0.6) is 0 Å². The van der Waals surface area contributed by atoms with E-state index in [4.69, 9.17) is 10.8 Å². The second-order valence-electron chi connectivity index (χ2n) is 2.57. The van der Waals surface area contributed by atoms with E-state index < -0.39 is 12.0 Å². The third-order valence-electron chi connectivity index (χ3n) is 1.04. The van der Waals surface area contributed by atoms with Crippen molar-refractivity contribution < 1.29 is 9.90 Å². The summed E-state index contributed by atoms with van der Waals surface area (Å²) in [4.78, 5) is 10.1. The number of rotatable bonds is 3. The van der Waals surface area contributed by atoms with Crippen molar-refractivity contribution in [2.75, 3.05) is 0 Å². The zero-order chi connectivity index (χ0) is 7.44. The first-order chi connectivity index (χ1) is 4.04. The van der Waals surface area contributed by atoms with Gasteiger partial charge in [0.15, 0.2) is 0 Å². The summed E-state index contributed by atoms with van der Waals surface area (Å²) in [6, 6.07) is -0.690. The van der Waals surface area contributed by atoms with E-state index in [0.29, 0.717) is 12.3 Å². The molecule has 10 heavy (non-hydrogen) atoms. The van der Waals surface area contributed by atoms with E-state index in [1.54, 1.807) is 0 Å². The monoisotopic (exact) mass is 340 g/mol. The number of aliphatic carboxylic acids is 1. The molecule has 0 saturated carbocycles. The number of hydrogen-bond acceptors (Lipinski definition) is 2. The summed E-state index contributed by atoms with van der Waals surface area (Å²) in [6.45, 7) is 3.89. The fraction of sp³-hybridized carbons (Fsp3) is 0.833. The fourth-order valence-corrected chi connectivity index (χ4v) is 0.609. The fourth-order valence-electron chi connectivity index (χ4n) is 0.609. The van der Waals surface area contributed by atoms with Crippen LogP contribution in [0.15, 0.2) is 0 Å². The molecule has 4 heteroatoms. The maximum atomic E-state index is 10.1. The van der Waals surface area contributed by atoms with Crippen LogP contribution < -0.4 is 5.73 Å². The van der Waals surface area contributed by atoms with Gasteiger partial charge in [0.2, 0.25) is 0 Å². The van der Waals surface area contributed by atoms with Gasteiger partial charge in [0.05, 0.1) is 0 Å². The van der Waals surface area contributed by atoms with Crippen molar-refractivity contribution in [3.05, 3.63) is 0 Å². The Morgan fingerprint density at radius 1 is 1.60 bits per heavy atom. The molecule has 3 nitrogen and oxygen atoms in total. The number of hydrogen-bond donors (Lipinski definition) is 2. The molecule has 0 spiro atoms. The zero-order valence-corrected chi connectivity index (χ0v) is 9.72. The molecule has 0 aromatic heterocycles. The number of carboxylic acids is 1. The Labute approximate surface area is 80.1 Å². The van der Waals surface area contributed by atoms with E-state index in [-0.39, 0.29) is 26.2 Å². The summed E-state index contributed by atoms with van der Waals surface area (Å²) >= 11 is 0. The van der Waals surface area contributed by atoms with Gasteiger partial charge in [-0.15, -0.1) is 0 Å². The number of carboxylic acid groups (broad SMARTS) is 1. The van der Waals surface area contributed by atoms with Crippen LogP contribution in [0.2, 0.25) is 0 Å². The predicted molar refractivity (Wildman–Crippen MR) is 40.8 cm³/mol. The smallest absolute Gasteiger partial charge is 0.320 e. The molecule has 0 unspecified atom stereocenters. The van der Waals surface area contributed by atoms with E-state index in [0.717, 1.165) is 0 Å². The van der Waals surface area contributed by atoms with E-state index in [9.17, 15) is 4.79 Å². The van der Waals surface area contributed by atoms with Gasteiger partial charge in [-0.1, -0.05) is 13.8 Å². The molecule has 59 valence electrons. The maximum absolute atomic E-state index is 10.1. The van der Waals surface area contributed by atoms with Gasteiger partial charge >= 0.3 is 5.97 Å². The Bertz CT molecular complexity index is 106. The second-order valence-corrected chi connectivity index (χ2v) is 2.57.